The van der Waals surface area contributed by atoms with E-state index in [-0.39, 0.29) is 5.92 Å². The molecule has 6 nitrogen and oxygen atoms in total. The van der Waals surface area contributed by atoms with Gasteiger partial charge in [-0.2, -0.15) is 0 Å². The van der Waals surface area contributed by atoms with Crippen molar-refractivity contribution in [3.8, 4) is 0 Å². The first kappa shape index (κ1) is 13.8. The second-order valence-electron chi connectivity index (χ2n) is 4.14. The van der Waals surface area contributed by atoms with Gasteiger partial charge in [-0.15, -0.1) is 0 Å². The van der Waals surface area contributed by atoms with Crippen LogP contribution in [0.15, 0.2) is 22.3 Å². The molecule has 2 aromatic heterocycles. The van der Waals surface area contributed by atoms with Gasteiger partial charge in [0.1, 0.15) is 27.6 Å². The van der Waals surface area contributed by atoms with Crippen LogP contribution >= 0.6 is 23.4 Å². The molecular formula is C11H13ClN6S. The van der Waals surface area contributed by atoms with Crippen molar-refractivity contribution in [2.45, 2.75) is 29.9 Å². The number of hydrogen-bond acceptors (Lipinski definition) is 7. The molecule has 2 heterocycles. The van der Waals surface area contributed by atoms with E-state index in [2.05, 4.69) is 19.9 Å². The number of nitrogens with two attached hydrogens (primary N) is 2. The third-order valence-corrected chi connectivity index (χ3v) is 3.12. The van der Waals surface area contributed by atoms with E-state index < -0.39 is 0 Å². The van der Waals surface area contributed by atoms with E-state index in [0.29, 0.717) is 32.8 Å². The molecule has 0 amide bonds. The van der Waals surface area contributed by atoms with Gasteiger partial charge in [0.2, 0.25) is 0 Å². The average molecular weight is 297 g/mol. The van der Waals surface area contributed by atoms with Crippen LogP contribution in [0, 0.1) is 0 Å². The molecular weight excluding hydrogens is 284 g/mol. The van der Waals surface area contributed by atoms with Crippen molar-refractivity contribution in [2.75, 3.05) is 11.5 Å². The van der Waals surface area contributed by atoms with E-state index in [1.807, 2.05) is 13.8 Å². The lowest BCUT2D eigenvalue weighted by molar-refractivity contribution is 0.753. The van der Waals surface area contributed by atoms with Crippen LogP contribution in [0.25, 0.3) is 0 Å². The molecule has 2 aromatic rings. The minimum absolute atomic E-state index is 0.185. The van der Waals surface area contributed by atoms with Crippen molar-refractivity contribution in [2.24, 2.45) is 0 Å². The summed E-state index contributed by atoms with van der Waals surface area (Å²) < 4.78 is 0. The Hall–Kier alpha value is -1.60. The van der Waals surface area contributed by atoms with Crippen molar-refractivity contribution in [1.29, 1.82) is 0 Å². The zero-order valence-electron chi connectivity index (χ0n) is 10.5. The zero-order chi connectivity index (χ0) is 14.0. The Morgan fingerprint density at radius 1 is 1.05 bits per heavy atom. The van der Waals surface area contributed by atoms with Crippen molar-refractivity contribution in [1.82, 2.24) is 19.9 Å². The molecule has 0 unspecified atom stereocenters. The normalized spacial score (nSPS) is 10.9. The number of nitrogen functional groups attached to an aromatic ring is 2. The first-order valence-corrected chi connectivity index (χ1v) is 6.76. The Labute approximate surface area is 120 Å². The monoisotopic (exact) mass is 296 g/mol. The number of halogens is 1. The molecule has 0 radical (unpaired) electrons. The maximum atomic E-state index is 5.97. The maximum absolute atomic E-state index is 5.97. The molecule has 0 saturated carbocycles. The lowest BCUT2D eigenvalue weighted by atomic mass is 10.2. The van der Waals surface area contributed by atoms with Gasteiger partial charge in [-0.3, -0.25) is 0 Å². The van der Waals surface area contributed by atoms with E-state index in [4.69, 9.17) is 23.1 Å². The van der Waals surface area contributed by atoms with Crippen LogP contribution in [0.4, 0.5) is 11.6 Å². The fourth-order valence-electron chi connectivity index (χ4n) is 1.33. The Kier molecular flexibility index (Phi) is 4.06. The number of rotatable bonds is 3. The Morgan fingerprint density at radius 2 is 1.68 bits per heavy atom. The highest BCUT2D eigenvalue weighted by molar-refractivity contribution is 7.99. The maximum Gasteiger partial charge on any atom is 0.197 e. The molecule has 0 aliphatic carbocycles. The van der Waals surface area contributed by atoms with Crippen molar-refractivity contribution in [3.05, 3.63) is 23.1 Å². The van der Waals surface area contributed by atoms with Crippen molar-refractivity contribution in [3.63, 3.8) is 0 Å². The van der Waals surface area contributed by atoms with Gasteiger partial charge in [0.05, 0.1) is 0 Å². The third-order valence-electron chi connectivity index (χ3n) is 2.15. The molecule has 0 spiro atoms. The van der Waals surface area contributed by atoms with Gasteiger partial charge in [0, 0.05) is 18.1 Å². The van der Waals surface area contributed by atoms with Gasteiger partial charge in [0.25, 0.3) is 0 Å². The molecule has 0 bridgehead atoms. The summed E-state index contributed by atoms with van der Waals surface area (Å²) in [6.45, 7) is 3.99. The third kappa shape index (κ3) is 3.68. The lowest BCUT2D eigenvalue weighted by Crippen LogP contribution is -2.01. The predicted molar refractivity (Wildman–Crippen MR) is 76.1 cm³/mol. The summed E-state index contributed by atoms with van der Waals surface area (Å²) in [6, 6.07) is 3.15. The van der Waals surface area contributed by atoms with Gasteiger partial charge < -0.3 is 11.5 Å². The Bertz CT molecular complexity index is 583. The van der Waals surface area contributed by atoms with Gasteiger partial charge in [-0.25, -0.2) is 19.9 Å². The van der Waals surface area contributed by atoms with Crippen LogP contribution in [-0.2, 0) is 0 Å². The quantitative estimate of drug-likeness (QED) is 0.662. The molecule has 0 aromatic carbocycles. The van der Waals surface area contributed by atoms with Crippen LogP contribution in [0.5, 0.6) is 0 Å². The zero-order valence-corrected chi connectivity index (χ0v) is 12.0. The Morgan fingerprint density at radius 3 is 2.26 bits per heavy atom. The smallest absolute Gasteiger partial charge is 0.197 e. The van der Waals surface area contributed by atoms with Crippen molar-refractivity contribution < 1.29 is 0 Å². The van der Waals surface area contributed by atoms with Crippen molar-refractivity contribution >= 4 is 35.0 Å². The standard InChI is InChI=1S/C11H13ClN6S/c1-5(2)10-15-6(12)3-9(18-10)19-11-16-7(13)4-8(14)17-11/h3-5H,1-2H3,(H4,13,14,16,17). The minimum atomic E-state index is 0.185. The van der Waals surface area contributed by atoms with Gasteiger partial charge in [0.15, 0.2) is 5.16 Å². The molecule has 19 heavy (non-hydrogen) atoms. The highest BCUT2D eigenvalue weighted by atomic mass is 35.5. The molecule has 0 saturated heterocycles. The molecule has 2 rings (SSSR count). The minimum Gasteiger partial charge on any atom is -0.383 e. The summed E-state index contributed by atoms with van der Waals surface area (Å²) in [6.07, 6.45) is 0. The molecule has 0 atom stereocenters. The van der Waals surface area contributed by atoms with Crippen LogP contribution in [0.1, 0.15) is 25.6 Å². The SMILES string of the molecule is CC(C)c1nc(Cl)cc(Sc2nc(N)cc(N)n2)n1. The summed E-state index contributed by atoms with van der Waals surface area (Å²) in [5.41, 5.74) is 11.2. The number of anilines is 2. The Balaban J connectivity index is 2.32. The fourth-order valence-corrected chi connectivity index (χ4v) is 2.38. The largest absolute Gasteiger partial charge is 0.383 e. The number of hydrogen-bond donors (Lipinski definition) is 2. The molecule has 0 aliphatic heterocycles. The highest BCUT2D eigenvalue weighted by Gasteiger charge is 2.10. The predicted octanol–water partition coefficient (Wildman–Crippen LogP) is 2.36. The molecule has 0 fully saturated rings. The van der Waals surface area contributed by atoms with E-state index in [9.17, 15) is 0 Å². The summed E-state index contributed by atoms with van der Waals surface area (Å²) in [4.78, 5) is 16.7. The topological polar surface area (TPSA) is 104 Å². The fraction of sp³-hybridized carbons (Fsp3) is 0.273. The number of nitrogens with zero attached hydrogens (tertiary/aromatic N) is 4. The second kappa shape index (κ2) is 5.58. The van der Waals surface area contributed by atoms with Crippen LogP contribution in [-0.4, -0.2) is 19.9 Å². The van der Waals surface area contributed by atoms with Crippen LogP contribution < -0.4 is 11.5 Å². The average Bonchev–Trinajstić information content (AvgIpc) is 2.26. The second-order valence-corrected chi connectivity index (χ2v) is 5.52. The van der Waals surface area contributed by atoms with Gasteiger partial charge >= 0.3 is 0 Å². The molecule has 0 aliphatic rings. The molecule has 4 N–H and O–H groups in total. The number of aromatic nitrogens is 4. The van der Waals surface area contributed by atoms with E-state index in [0.717, 1.165) is 0 Å². The lowest BCUT2D eigenvalue weighted by Gasteiger charge is -2.07. The first-order chi connectivity index (χ1) is 8.94. The summed E-state index contributed by atoms with van der Waals surface area (Å²) in [5.74, 6) is 1.50. The van der Waals surface area contributed by atoms with Gasteiger partial charge in [-0.05, 0) is 11.8 Å². The van der Waals surface area contributed by atoms with Crippen LogP contribution in [0.2, 0.25) is 5.15 Å². The summed E-state index contributed by atoms with van der Waals surface area (Å²) in [5, 5.41) is 1.48. The first-order valence-electron chi connectivity index (χ1n) is 5.56. The summed E-state index contributed by atoms with van der Waals surface area (Å²) in [7, 11) is 0. The summed E-state index contributed by atoms with van der Waals surface area (Å²) >= 11 is 7.21. The van der Waals surface area contributed by atoms with E-state index in [1.165, 1.54) is 17.8 Å². The van der Waals surface area contributed by atoms with Crippen LogP contribution in [0.3, 0.4) is 0 Å². The van der Waals surface area contributed by atoms with E-state index in [1.54, 1.807) is 6.07 Å². The molecule has 8 heteroatoms. The highest BCUT2D eigenvalue weighted by Crippen LogP contribution is 2.27. The van der Waals surface area contributed by atoms with Gasteiger partial charge in [-0.1, -0.05) is 25.4 Å². The molecule has 100 valence electrons. The van der Waals surface area contributed by atoms with E-state index >= 15 is 0 Å².